The summed E-state index contributed by atoms with van der Waals surface area (Å²) in [4.78, 5) is 26.0. The second kappa shape index (κ2) is 6.12. The number of hydrogen-bond donors (Lipinski definition) is 1. The van der Waals surface area contributed by atoms with Gasteiger partial charge in [-0.25, -0.2) is 4.79 Å². The van der Waals surface area contributed by atoms with Crippen LogP contribution in [0, 0.1) is 0 Å². The van der Waals surface area contributed by atoms with Crippen molar-refractivity contribution in [2.24, 2.45) is 0 Å². The summed E-state index contributed by atoms with van der Waals surface area (Å²) < 4.78 is 5.56. The second-order valence-electron chi connectivity index (χ2n) is 5.54. The Morgan fingerprint density at radius 3 is 2.26 bits per heavy atom. The highest BCUT2D eigenvalue weighted by Gasteiger charge is 2.48. The number of ether oxygens (including phenoxy) is 1. The van der Waals surface area contributed by atoms with E-state index in [1.54, 1.807) is 6.92 Å². The molecular formula is C18H18N2O3. The van der Waals surface area contributed by atoms with Crippen molar-refractivity contribution in [1.82, 2.24) is 10.2 Å². The van der Waals surface area contributed by atoms with E-state index in [0.29, 0.717) is 5.75 Å². The van der Waals surface area contributed by atoms with E-state index in [0.717, 1.165) is 5.56 Å². The van der Waals surface area contributed by atoms with E-state index in [4.69, 9.17) is 4.74 Å². The molecule has 0 spiro atoms. The number of para-hydroxylation sites is 1. The molecule has 2 aromatic rings. The summed E-state index contributed by atoms with van der Waals surface area (Å²) in [6.45, 7) is 2.19. The van der Waals surface area contributed by atoms with Gasteiger partial charge in [0.25, 0.3) is 5.91 Å². The molecule has 2 aromatic carbocycles. The third-order valence-electron chi connectivity index (χ3n) is 3.95. The third-order valence-corrected chi connectivity index (χ3v) is 3.95. The van der Waals surface area contributed by atoms with Gasteiger partial charge < -0.3 is 10.1 Å². The Morgan fingerprint density at radius 1 is 1.00 bits per heavy atom. The summed E-state index contributed by atoms with van der Waals surface area (Å²) in [7, 11) is 0. The molecule has 0 saturated carbocycles. The lowest BCUT2D eigenvalue weighted by Gasteiger charge is -2.22. The molecule has 5 heteroatoms. The predicted octanol–water partition coefficient (Wildman–Crippen LogP) is 2.53. The van der Waals surface area contributed by atoms with Crippen molar-refractivity contribution in [2.45, 2.75) is 12.5 Å². The van der Waals surface area contributed by atoms with Crippen LogP contribution >= 0.6 is 0 Å². The molecule has 1 heterocycles. The minimum absolute atomic E-state index is 0.210. The molecule has 1 fully saturated rings. The number of carbonyl (C=O) groups is 2. The molecule has 3 rings (SSSR count). The molecule has 0 aromatic heterocycles. The van der Waals surface area contributed by atoms with Gasteiger partial charge in [0.2, 0.25) is 0 Å². The van der Waals surface area contributed by atoms with Gasteiger partial charge in [0.15, 0.2) is 0 Å². The van der Waals surface area contributed by atoms with Gasteiger partial charge in [-0.1, -0.05) is 48.5 Å². The quantitative estimate of drug-likeness (QED) is 0.863. The molecule has 1 aliphatic rings. The second-order valence-corrected chi connectivity index (χ2v) is 5.54. The molecule has 1 N–H and O–H groups in total. The maximum atomic E-state index is 12.7. The molecule has 0 unspecified atom stereocenters. The molecule has 118 valence electrons. The summed E-state index contributed by atoms with van der Waals surface area (Å²) in [6, 6.07) is 18.2. The average molecular weight is 310 g/mol. The number of carbonyl (C=O) groups excluding carboxylic acids is 2. The molecule has 1 atom stereocenters. The smallest absolute Gasteiger partial charge is 0.325 e. The Hall–Kier alpha value is -2.82. The fourth-order valence-electron chi connectivity index (χ4n) is 2.64. The van der Waals surface area contributed by atoms with Crippen molar-refractivity contribution >= 4 is 11.9 Å². The molecule has 1 saturated heterocycles. The van der Waals surface area contributed by atoms with Crippen LogP contribution in [0.25, 0.3) is 0 Å². The minimum Gasteiger partial charge on any atom is -0.492 e. The van der Waals surface area contributed by atoms with Gasteiger partial charge in [-0.2, -0.15) is 0 Å². The number of urea groups is 1. The molecule has 1 aliphatic heterocycles. The van der Waals surface area contributed by atoms with Crippen molar-refractivity contribution in [3.05, 3.63) is 66.2 Å². The topological polar surface area (TPSA) is 58.6 Å². The van der Waals surface area contributed by atoms with Crippen LogP contribution in [0.15, 0.2) is 60.7 Å². The summed E-state index contributed by atoms with van der Waals surface area (Å²) in [6.07, 6.45) is 0. The van der Waals surface area contributed by atoms with Crippen LogP contribution in [0.3, 0.4) is 0 Å². The van der Waals surface area contributed by atoms with Crippen LogP contribution in [-0.2, 0) is 10.3 Å². The first-order chi connectivity index (χ1) is 11.1. The molecule has 5 nitrogen and oxygen atoms in total. The largest absolute Gasteiger partial charge is 0.492 e. The standard InChI is InChI=1S/C18H18N2O3/c1-18(14-8-4-2-5-9-14)16(21)20(17(22)19-18)12-13-23-15-10-6-3-7-11-15/h2-11H,12-13H2,1H3,(H,19,22)/t18-/m0/s1. The lowest BCUT2D eigenvalue weighted by molar-refractivity contribution is -0.131. The summed E-state index contributed by atoms with van der Waals surface area (Å²) >= 11 is 0. The summed E-state index contributed by atoms with van der Waals surface area (Å²) in [5.74, 6) is 0.454. The Morgan fingerprint density at radius 2 is 1.61 bits per heavy atom. The highest BCUT2D eigenvalue weighted by Crippen LogP contribution is 2.28. The number of amides is 3. The van der Waals surface area contributed by atoms with Gasteiger partial charge in [0.1, 0.15) is 17.9 Å². The normalized spacial score (nSPS) is 20.5. The lowest BCUT2D eigenvalue weighted by atomic mass is 9.92. The number of rotatable bonds is 5. The fraction of sp³-hybridized carbons (Fsp3) is 0.222. The van der Waals surface area contributed by atoms with Crippen LogP contribution in [0.2, 0.25) is 0 Å². The first kappa shape index (κ1) is 15.1. The van der Waals surface area contributed by atoms with E-state index < -0.39 is 11.6 Å². The first-order valence-electron chi connectivity index (χ1n) is 7.49. The summed E-state index contributed by atoms with van der Waals surface area (Å²) in [5.41, 5.74) is -0.254. The molecular weight excluding hydrogens is 292 g/mol. The van der Waals surface area contributed by atoms with E-state index >= 15 is 0 Å². The Kier molecular flexibility index (Phi) is 4.02. The Balaban J connectivity index is 1.67. The van der Waals surface area contributed by atoms with Gasteiger partial charge in [0.05, 0.1) is 6.54 Å². The number of nitrogens with one attached hydrogen (secondary N) is 1. The van der Waals surface area contributed by atoms with Crippen LogP contribution in [0.4, 0.5) is 4.79 Å². The third kappa shape index (κ3) is 2.90. The minimum atomic E-state index is -1.02. The van der Waals surface area contributed by atoms with E-state index in [9.17, 15) is 9.59 Å². The zero-order chi connectivity index (χ0) is 16.3. The zero-order valence-electron chi connectivity index (χ0n) is 12.9. The first-order valence-corrected chi connectivity index (χ1v) is 7.49. The SMILES string of the molecule is C[C@@]1(c2ccccc2)NC(=O)N(CCOc2ccccc2)C1=O. The van der Waals surface area contributed by atoms with Crippen molar-refractivity contribution in [1.29, 1.82) is 0 Å². The highest BCUT2D eigenvalue weighted by atomic mass is 16.5. The number of benzene rings is 2. The van der Waals surface area contributed by atoms with Crippen LogP contribution in [-0.4, -0.2) is 30.0 Å². The van der Waals surface area contributed by atoms with E-state index in [2.05, 4.69) is 5.32 Å². The van der Waals surface area contributed by atoms with Crippen molar-refractivity contribution < 1.29 is 14.3 Å². The van der Waals surface area contributed by atoms with Crippen LogP contribution in [0.1, 0.15) is 12.5 Å². The van der Waals surface area contributed by atoms with Gasteiger partial charge >= 0.3 is 6.03 Å². The molecule has 0 radical (unpaired) electrons. The van der Waals surface area contributed by atoms with Gasteiger partial charge in [-0.3, -0.25) is 9.69 Å². The van der Waals surface area contributed by atoms with E-state index in [-0.39, 0.29) is 19.1 Å². The number of nitrogens with zero attached hydrogens (tertiary/aromatic N) is 1. The lowest BCUT2D eigenvalue weighted by Crippen LogP contribution is -2.41. The van der Waals surface area contributed by atoms with Crippen LogP contribution in [0.5, 0.6) is 5.75 Å². The average Bonchev–Trinajstić information content (AvgIpc) is 2.81. The van der Waals surface area contributed by atoms with Crippen molar-refractivity contribution in [3.8, 4) is 5.75 Å². The van der Waals surface area contributed by atoms with Gasteiger partial charge in [0, 0.05) is 0 Å². The molecule has 0 bridgehead atoms. The number of hydrogen-bond acceptors (Lipinski definition) is 3. The van der Waals surface area contributed by atoms with Crippen molar-refractivity contribution in [2.75, 3.05) is 13.2 Å². The van der Waals surface area contributed by atoms with E-state index in [1.165, 1.54) is 4.90 Å². The molecule has 23 heavy (non-hydrogen) atoms. The summed E-state index contributed by atoms with van der Waals surface area (Å²) in [5, 5.41) is 2.78. The Bertz CT molecular complexity index is 703. The highest BCUT2D eigenvalue weighted by molar-refractivity contribution is 6.07. The fourth-order valence-corrected chi connectivity index (χ4v) is 2.64. The molecule has 0 aliphatic carbocycles. The zero-order valence-corrected chi connectivity index (χ0v) is 12.9. The van der Waals surface area contributed by atoms with E-state index in [1.807, 2.05) is 60.7 Å². The van der Waals surface area contributed by atoms with Crippen LogP contribution < -0.4 is 10.1 Å². The number of imide groups is 1. The van der Waals surface area contributed by atoms with Gasteiger partial charge in [-0.15, -0.1) is 0 Å². The van der Waals surface area contributed by atoms with Gasteiger partial charge in [-0.05, 0) is 24.6 Å². The maximum absolute atomic E-state index is 12.7. The maximum Gasteiger partial charge on any atom is 0.325 e. The van der Waals surface area contributed by atoms with Crippen molar-refractivity contribution in [3.63, 3.8) is 0 Å². The molecule has 3 amide bonds. The Labute approximate surface area is 134 Å². The predicted molar refractivity (Wildman–Crippen MR) is 86.0 cm³/mol. The monoisotopic (exact) mass is 310 g/mol.